The van der Waals surface area contributed by atoms with Crippen LogP contribution < -0.4 is 5.43 Å². The summed E-state index contributed by atoms with van der Waals surface area (Å²) in [6.07, 6.45) is 1.57. The van der Waals surface area contributed by atoms with E-state index in [1.807, 2.05) is 36.4 Å². The van der Waals surface area contributed by atoms with Gasteiger partial charge in [0.2, 0.25) is 0 Å². The summed E-state index contributed by atoms with van der Waals surface area (Å²) in [5, 5.41) is 5.58. The zero-order chi connectivity index (χ0) is 14.7. The molecule has 2 aromatic carbocycles. The van der Waals surface area contributed by atoms with E-state index in [0.29, 0.717) is 10.7 Å². The Kier molecular flexibility index (Phi) is 3.71. The lowest BCUT2D eigenvalue weighted by atomic mass is 10.2. The molecule has 0 aliphatic rings. The molecule has 21 heavy (non-hydrogen) atoms. The quantitative estimate of drug-likeness (QED) is 0.563. The van der Waals surface area contributed by atoms with E-state index in [1.54, 1.807) is 24.4 Å². The highest BCUT2D eigenvalue weighted by atomic mass is 35.5. The number of halogens is 1. The van der Waals surface area contributed by atoms with E-state index in [2.05, 4.69) is 15.5 Å². The van der Waals surface area contributed by atoms with Gasteiger partial charge in [-0.05, 0) is 29.8 Å². The molecule has 3 rings (SSSR count). The van der Waals surface area contributed by atoms with Crippen LogP contribution >= 0.6 is 11.6 Å². The molecule has 4 nitrogen and oxygen atoms in total. The topological polar surface area (TPSA) is 57.2 Å². The Bertz CT molecular complexity index is 773. The number of nitrogens with zero attached hydrogens (tertiary/aromatic N) is 1. The van der Waals surface area contributed by atoms with Crippen molar-refractivity contribution < 1.29 is 4.79 Å². The molecule has 0 saturated heterocycles. The van der Waals surface area contributed by atoms with Crippen LogP contribution in [-0.4, -0.2) is 17.1 Å². The molecule has 104 valence electrons. The van der Waals surface area contributed by atoms with Crippen molar-refractivity contribution >= 4 is 34.6 Å². The Morgan fingerprint density at radius 1 is 1.14 bits per heavy atom. The minimum Gasteiger partial charge on any atom is -0.350 e. The van der Waals surface area contributed by atoms with Crippen molar-refractivity contribution in [3.05, 3.63) is 70.9 Å². The molecular weight excluding hydrogens is 286 g/mol. The second-order valence-corrected chi connectivity index (χ2v) is 4.96. The van der Waals surface area contributed by atoms with Crippen molar-refractivity contribution in [2.75, 3.05) is 0 Å². The normalized spacial score (nSPS) is 11.1. The molecule has 2 N–H and O–H groups in total. The fourth-order valence-electron chi connectivity index (χ4n) is 1.97. The van der Waals surface area contributed by atoms with Crippen LogP contribution in [0, 0.1) is 0 Å². The molecule has 1 amide bonds. The summed E-state index contributed by atoms with van der Waals surface area (Å²) >= 11 is 5.80. The minimum absolute atomic E-state index is 0.281. The summed E-state index contributed by atoms with van der Waals surface area (Å²) in [6, 6.07) is 16.7. The van der Waals surface area contributed by atoms with Crippen molar-refractivity contribution in [3.8, 4) is 0 Å². The Balaban J connectivity index is 1.70. The second kappa shape index (κ2) is 5.81. The van der Waals surface area contributed by atoms with Gasteiger partial charge in [0.05, 0.1) is 6.21 Å². The van der Waals surface area contributed by atoms with Crippen LogP contribution in [0.3, 0.4) is 0 Å². The van der Waals surface area contributed by atoms with E-state index in [0.717, 1.165) is 16.5 Å². The van der Waals surface area contributed by atoms with Gasteiger partial charge >= 0.3 is 0 Å². The van der Waals surface area contributed by atoms with Gasteiger partial charge in [-0.25, -0.2) is 5.43 Å². The third kappa shape index (κ3) is 3.12. The lowest BCUT2D eigenvalue weighted by Crippen LogP contribution is -2.17. The number of H-pyrrole nitrogens is 1. The summed E-state index contributed by atoms with van der Waals surface area (Å²) < 4.78 is 0. The molecule has 0 fully saturated rings. The Morgan fingerprint density at radius 2 is 1.90 bits per heavy atom. The Morgan fingerprint density at radius 3 is 2.67 bits per heavy atom. The standard InChI is InChI=1S/C16H12ClN3O/c17-13-7-5-11(6-8-13)10-18-20-16(21)15-9-12-3-1-2-4-14(12)19-15/h1-10,19H,(H,20,21)/b18-10-. The summed E-state index contributed by atoms with van der Waals surface area (Å²) in [4.78, 5) is 15.0. The lowest BCUT2D eigenvalue weighted by molar-refractivity contribution is 0.0951. The molecule has 0 aliphatic carbocycles. The molecule has 0 atom stereocenters. The number of hydrogen-bond acceptors (Lipinski definition) is 2. The smallest absolute Gasteiger partial charge is 0.287 e. The van der Waals surface area contributed by atoms with E-state index in [4.69, 9.17) is 11.6 Å². The number of fused-ring (bicyclic) bond motifs is 1. The molecule has 1 aromatic heterocycles. The zero-order valence-electron chi connectivity index (χ0n) is 11.0. The highest BCUT2D eigenvalue weighted by molar-refractivity contribution is 6.30. The predicted octanol–water partition coefficient (Wildman–Crippen LogP) is 3.59. The molecule has 1 heterocycles. The maximum absolute atomic E-state index is 12.0. The van der Waals surface area contributed by atoms with Gasteiger partial charge in [-0.2, -0.15) is 5.10 Å². The van der Waals surface area contributed by atoms with Gasteiger partial charge in [-0.1, -0.05) is 41.9 Å². The molecule has 0 spiro atoms. The van der Waals surface area contributed by atoms with Crippen molar-refractivity contribution in [2.24, 2.45) is 5.10 Å². The van der Waals surface area contributed by atoms with Crippen molar-refractivity contribution in [1.82, 2.24) is 10.4 Å². The maximum Gasteiger partial charge on any atom is 0.287 e. The fraction of sp³-hybridized carbons (Fsp3) is 0. The van der Waals surface area contributed by atoms with Crippen molar-refractivity contribution in [1.29, 1.82) is 0 Å². The van der Waals surface area contributed by atoms with Gasteiger partial charge in [-0.15, -0.1) is 0 Å². The molecular formula is C16H12ClN3O. The third-order valence-corrected chi connectivity index (χ3v) is 3.28. The van der Waals surface area contributed by atoms with Crippen LogP contribution in [0.4, 0.5) is 0 Å². The molecule has 0 bridgehead atoms. The van der Waals surface area contributed by atoms with Crippen LogP contribution in [0.2, 0.25) is 5.02 Å². The maximum atomic E-state index is 12.0. The zero-order valence-corrected chi connectivity index (χ0v) is 11.8. The van der Waals surface area contributed by atoms with Crippen LogP contribution in [0.5, 0.6) is 0 Å². The molecule has 0 saturated carbocycles. The van der Waals surface area contributed by atoms with Gasteiger partial charge in [0, 0.05) is 15.9 Å². The first kappa shape index (κ1) is 13.4. The average molecular weight is 298 g/mol. The molecule has 0 aliphatic heterocycles. The number of para-hydroxylation sites is 1. The number of carbonyl (C=O) groups excluding carboxylic acids is 1. The van der Waals surface area contributed by atoms with Crippen LogP contribution in [-0.2, 0) is 0 Å². The first-order valence-electron chi connectivity index (χ1n) is 6.39. The van der Waals surface area contributed by atoms with Gasteiger partial charge in [0.1, 0.15) is 5.69 Å². The van der Waals surface area contributed by atoms with E-state index < -0.39 is 0 Å². The Hall–Kier alpha value is -2.59. The van der Waals surface area contributed by atoms with Crippen molar-refractivity contribution in [2.45, 2.75) is 0 Å². The number of rotatable bonds is 3. The third-order valence-electron chi connectivity index (χ3n) is 3.02. The monoisotopic (exact) mass is 297 g/mol. The number of carbonyl (C=O) groups is 1. The largest absolute Gasteiger partial charge is 0.350 e. The molecule has 3 aromatic rings. The number of aromatic nitrogens is 1. The summed E-state index contributed by atoms with van der Waals surface area (Å²) in [5.41, 5.74) is 4.74. The number of benzene rings is 2. The Labute approximate surface area is 126 Å². The minimum atomic E-state index is -0.281. The summed E-state index contributed by atoms with van der Waals surface area (Å²) in [7, 11) is 0. The van der Waals surface area contributed by atoms with Crippen molar-refractivity contribution in [3.63, 3.8) is 0 Å². The van der Waals surface area contributed by atoms with E-state index >= 15 is 0 Å². The molecule has 0 unspecified atom stereocenters. The number of hydrogen-bond donors (Lipinski definition) is 2. The van der Waals surface area contributed by atoms with Gasteiger partial charge in [0.25, 0.3) is 5.91 Å². The van der Waals surface area contributed by atoms with E-state index in [1.165, 1.54) is 0 Å². The number of aromatic amines is 1. The lowest BCUT2D eigenvalue weighted by Gasteiger charge is -1.96. The number of hydrazone groups is 1. The summed E-state index contributed by atoms with van der Waals surface area (Å²) in [6.45, 7) is 0. The van der Waals surface area contributed by atoms with Gasteiger partial charge in [0.15, 0.2) is 0 Å². The fourth-order valence-corrected chi connectivity index (χ4v) is 2.10. The second-order valence-electron chi connectivity index (χ2n) is 4.52. The molecule has 5 heteroatoms. The first-order chi connectivity index (χ1) is 10.2. The van der Waals surface area contributed by atoms with Crippen LogP contribution in [0.15, 0.2) is 59.7 Å². The van der Waals surface area contributed by atoms with E-state index in [-0.39, 0.29) is 5.91 Å². The van der Waals surface area contributed by atoms with Crippen LogP contribution in [0.25, 0.3) is 10.9 Å². The van der Waals surface area contributed by atoms with Crippen LogP contribution in [0.1, 0.15) is 16.1 Å². The van der Waals surface area contributed by atoms with E-state index in [9.17, 15) is 4.79 Å². The first-order valence-corrected chi connectivity index (χ1v) is 6.77. The van der Waals surface area contributed by atoms with Gasteiger partial charge in [-0.3, -0.25) is 4.79 Å². The average Bonchev–Trinajstić information content (AvgIpc) is 2.93. The number of amides is 1. The SMILES string of the molecule is O=C(N/N=C\c1ccc(Cl)cc1)c1cc2ccccc2[nH]1. The highest BCUT2D eigenvalue weighted by Gasteiger charge is 2.07. The highest BCUT2D eigenvalue weighted by Crippen LogP contribution is 2.14. The number of nitrogens with one attached hydrogen (secondary N) is 2. The summed E-state index contributed by atoms with van der Waals surface area (Å²) in [5.74, 6) is -0.281. The molecule has 0 radical (unpaired) electrons. The van der Waals surface area contributed by atoms with Gasteiger partial charge < -0.3 is 4.98 Å². The predicted molar refractivity (Wildman–Crippen MR) is 84.8 cm³/mol.